The van der Waals surface area contributed by atoms with Crippen LogP contribution in [0.25, 0.3) is 61.2 Å². The number of imidazole rings is 1. The molecule has 7 rings (SSSR count). The van der Waals surface area contributed by atoms with E-state index in [2.05, 4.69) is 73.9 Å². The zero-order valence-corrected chi connectivity index (χ0v) is 22.2. The summed E-state index contributed by atoms with van der Waals surface area (Å²) in [5.74, 6) is 0.762. The fourth-order valence-electron chi connectivity index (χ4n) is 5.47. The normalized spacial score (nSPS) is 13.6. The minimum absolute atomic E-state index is 0.0185. The Morgan fingerprint density at radius 1 is 0.744 bits per heavy atom. The van der Waals surface area contributed by atoms with Crippen LogP contribution in [0.2, 0.25) is 0 Å². The van der Waals surface area contributed by atoms with Crippen molar-refractivity contribution in [2.45, 2.75) is 33.0 Å². The molecule has 0 N–H and O–H groups in total. The quantitative estimate of drug-likeness (QED) is 0.237. The van der Waals surface area contributed by atoms with Crippen LogP contribution < -0.4 is 0 Å². The van der Waals surface area contributed by atoms with Gasteiger partial charge in [0.1, 0.15) is 17.0 Å². The first-order chi connectivity index (χ1) is 20.1. The van der Waals surface area contributed by atoms with E-state index in [0.29, 0.717) is 11.2 Å². The zero-order valence-electron chi connectivity index (χ0n) is 25.2. The second kappa shape index (κ2) is 8.71. The van der Waals surface area contributed by atoms with Crippen LogP contribution in [0.4, 0.5) is 0 Å². The number of fused-ring (bicyclic) bond motifs is 4. The van der Waals surface area contributed by atoms with Crippen molar-refractivity contribution >= 4 is 33.0 Å². The molecule has 0 bridgehead atoms. The third-order valence-corrected chi connectivity index (χ3v) is 7.49. The molecule has 5 aromatic carbocycles. The predicted octanol–water partition coefficient (Wildman–Crippen LogP) is 9.86. The van der Waals surface area contributed by atoms with Crippen LogP contribution in [0.3, 0.4) is 0 Å². The molecule has 0 unspecified atom stereocenters. The van der Waals surface area contributed by atoms with Crippen LogP contribution in [0.1, 0.15) is 36.0 Å². The minimum atomic E-state index is -2.21. The van der Waals surface area contributed by atoms with E-state index in [-0.39, 0.29) is 11.0 Å². The van der Waals surface area contributed by atoms with Crippen molar-refractivity contribution in [3.05, 3.63) is 120 Å². The van der Waals surface area contributed by atoms with Crippen molar-refractivity contribution in [1.29, 1.82) is 0 Å². The minimum Gasteiger partial charge on any atom is -0.455 e. The largest absolute Gasteiger partial charge is 0.455 e. The molecule has 190 valence electrons. The first-order valence-electron chi connectivity index (χ1n) is 14.7. The van der Waals surface area contributed by atoms with Crippen LogP contribution in [0, 0.1) is 6.85 Å². The molecule has 7 aromatic rings. The van der Waals surface area contributed by atoms with Gasteiger partial charge in [-0.05, 0) is 65.4 Å². The lowest BCUT2D eigenvalue weighted by Crippen LogP contribution is -2.12. The summed E-state index contributed by atoms with van der Waals surface area (Å²) in [5, 5.41) is 1.80. The van der Waals surface area contributed by atoms with Crippen LogP contribution >= 0.6 is 0 Å². The van der Waals surface area contributed by atoms with Gasteiger partial charge in [0.15, 0.2) is 0 Å². The van der Waals surface area contributed by atoms with Gasteiger partial charge in [-0.2, -0.15) is 0 Å². The first kappa shape index (κ1) is 20.3. The van der Waals surface area contributed by atoms with Gasteiger partial charge in [-0.15, -0.1) is 0 Å². The zero-order chi connectivity index (χ0) is 29.2. The summed E-state index contributed by atoms with van der Waals surface area (Å²) in [7, 11) is 0. The molecular weight excluding hydrogens is 476 g/mol. The Balaban J connectivity index is 1.54. The fourth-order valence-corrected chi connectivity index (χ4v) is 5.47. The smallest absolute Gasteiger partial charge is 0.149 e. The molecule has 3 nitrogen and oxygen atoms in total. The molecule has 2 heterocycles. The molecular formula is C36H30N2O. The fraction of sp³-hybridized carbons (Fsp3) is 0.139. The summed E-state index contributed by atoms with van der Waals surface area (Å²) >= 11 is 0. The van der Waals surface area contributed by atoms with Gasteiger partial charge in [-0.25, -0.2) is 4.98 Å². The Kier molecular flexibility index (Phi) is 4.54. The summed E-state index contributed by atoms with van der Waals surface area (Å²) in [4.78, 5) is 5.16. The lowest BCUT2D eigenvalue weighted by Gasteiger charge is -2.23. The Labute approximate surface area is 232 Å². The van der Waals surface area contributed by atoms with Crippen molar-refractivity contribution in [2.75, 3.05) is 0 Å². The molecule has 39 heavy (non-hydrogen) atoms. The molecule has 0 radical (unpaired) electrons. The van der Waals surface area contributed by atoms with Crippen molar-refractivity contribution < 1.29 is 8.53 Å². The van der Waals surface area contributed by atoms with Crippen LogP contribution in [-0.4, -0.2) is 9.55 Å². The highest BCUT2D eigenvalue weighted by atomic mass is 16.3. The topological polar surface area (TPSA) is 31.0 Å². The summed E-state index contributed by atoms with van der Waals surface area (Å²) in [5.41, 5.74) is 8.70. The van der Waals surface area contributed by atoms with E-state index in [1.54, 1.807) is 12.1 Å². The Bertz CT molecular complexity index is 2110. The molecule has 3 heteroatoms. The SMILES string of the molecule is [2H]C([2H])([2H])c1ccc2c(c1)oc1c(-c3nc4ccccc4n3-c3ccc(C(C)(C)C)cc3-c3ccccc3)cccc12. The Morgan fingerprint density at radius 2 is 1.56 bits per heavy atom. The van der Waals surface area contributed by atoms with Gasteiger partial charge in [-0.3, -0.25) is 4.57 Å². The van der Waals surface area contributed by atoms with E-state index in [1.807, 2.05) is 48.5 Å². The van der Waals surface area contributed by atoms with Crippen molar-refractivity contribution in [3.8, 4) is 28.2 Å². The number of nitrogens with zero attached hydrogens (tertiary/aromatic N) is 2. The molecule has 0 saturated heterocycles. The number of hydrogen-bond donors (Lipinski definition) is 0. The Morgan fingerprint density at radius 3 is 2.38 bits per heavy atom. The third kappa shape index (κ3) is 3.85. The number of furan rings is 1. The Hall–Kier alpha value is -4.63. The lowest BCUT2D eigenvalue weighted by atomic mass is 9.85. The second-order valence-electron chi connectivity index (χ2n) is 11.1. The van der Waals surface area contributed by atoms with Crippen LogP contribution in [0.5, 0.6) is 0 Å². The standard InChI is InChI=1S/C36H30N2O/c1-23-17-19-26-27-13-10-14-28(34(27)39-33(26)21-23)35-37-30-15-8-9-16-32(30)38(35)31-20-18-25(36(2,3)4)22-29(31)24-11-6-5-7-12-24/h5-22H,1-4H3/i1D3. The number of aryl methyl sites for hydroxylation is 1. The number of para-hydroxylation sites is 3. The molecule has 0 atom stereocenters. The van der Waals surface area contributed by atoms with Gasteiger partial charge in [0, 0.05) is 20.4 Å². The van der Waals surface area contributed by atoms with Gasteiger partial charge >= 0.3 is 0 Å². The summed E-state index contributed by atoms with van der Waals surface area (Å²) < 4.78 is 32.3. The maximum atomic E-state index is 7.87. The molecule has 0 fully saturated rings. The first-order valence-corrected chi connectivity index (χ1v) is 13.2. The number of rotatable bonds is 3. The lowest BCUT2D eigenvalue weighted by molar-refractivity contribution is 0.590. The number of aromatic nitrogens is 2. The molecule has 0 aliphatic carbocycles. The van der Waals surface area contributed by atoms with E-state index in [9.17, 15) is 0 Å². The maximum absolute atomic E-state index is 7.87. The van der Waals surface area contributed by atoms with E-state index in [0.717, 1.165) is 50.0 Å². The molecule has 2 aromatic heterocycles. The van der Waals surface area contributed by atoms with Crippen molar-refractivity contribution in [3.63, 3.8) is 0 Å². The van der Waals surface area contributed by atoms with Gasteiger partial charge in [0.2, 0.25) is 0 Å². The van der Waals surface area contributed by atoms with Gasteiger partial charge < -0.3 is 4.42 Å². The second-order valence-corrected chi connectivity index (χ2v) is 11.1. The number of benzene rings is 5. The van der Waals surface area contributed by atoms with Crippen LogP contribution in [0.15, 0.2) is 114 Å². The summed E-state index contributed by atoms with van der Waals surface area (Å²) in [6.07, 6.45) is 0. The highest BCUT2D eigenvalue weighted by Crippen LogP contribution is 2.40. The van der Waals surface area contributed by atoms with Gasteiger partial charge in [0.25, 0.3) is 0 Å². The predicted molar refractivity (Wildman–Crippen MR) is 163 cm³/mol. The highest BCUT2D eigenvalue weighted by molar-refractivity contribution is 6.09. The molecule has 0 spiro atoms. The molecule has 0 aliphatic heterocycles. The molecule has 0 saturated carbocycles. The summed E-state index contributed by atoms with van der Waals surface area (Å²) in [6.45, 7) is 4.48. The maximum Gasteiger partial charge on any atom is 0.149 e. The van der Waals surface area contributed by atoms with Gasteiger partial charge in [-0.1, -0.05) is 93.6 Å². The molecule has 0 amide bonds. The van der Waals surface area contributed by atoms with Crippen LogP contribution in [-0.2, 0) is 5.41 Å². The third-order valence-electron chi connectivity index (χ3n) is 7.49. The monoisotopic (exact) mass is 509 g/mol. The summed E-state index contributed by atoms with van der Waals surface area (Å²) in [6, 6.07) is 36.5. The van der Waals surface area contributed by atoms with Crippen molar-refractivity contribution in [1.82, 2.24) is 9.55 Å². The van der Waals surface area contributed by atoms with E-state index in [1.165, 1.54) is 5.56 Å². The average Bonchev–Trinajstić information content (AvgIpc) is 3.54. The molecule has 0 aliphatic rings. The van der Waals surface area contributed by atoms with Gasteiger partial charge in [0.05, 0.1) is 22.3 Å². The van der Waals surface area contributed by atoms with E-state index < -0.39 is 6.85 Å². The highest BCUT2D eigenvalue weighted by Gasteiger charge is 2.23. The average molecular weight is 510 g/mol. The van der Waals surface area contributed by atoms with E-state index >= 15 is 0 Å². The van der Waals surface area contributed by atoms with Crippen molar-refractivity contribution in [2.24, 2.45) is 0 Å². The van der Waals surface area contributed by atoms with E-state index in [4.69, 9.17) is 13.5 Å². The number of hydrogen-bond acceptors (Lipinski definition) is 2.